The number of aromatic hydroxyl groups is 2. The number of esters is 1. The van der Waals surface area contributed by atoms with E-state index in [9.17, 15) is 15.0 Å². The molecule has 2 N–H and O–H groups in total. The molecule has 0 unspecified atom stereocenters. The first-order chi connectivity index (χ1) is 12.0. The smallest absolute Gasteiger partial charge is 0.302 e. The second-order valence-electron chi connectivity index (χ2n) is 6.83. The zero-order chi connectivity index (χ0) is 17.6. The third kappa shape index (κ3) is 2.90. The third-order valence-electron chi connectivity index (χ3n) is 5.16. The summed E-state index contributed by atoms with van der Waals surface area (Å²) < 4.78 is 11.7. The molecular weight excluding hydrogens is 320 g/mol. The average Bonchev–Trinajstić information content (AvgIpc) is 2.98. The Morgan fingerprint density at radius 1 is 1.08 bits per heavy atom. The minimum absolute atomic E-state index is 0.142. The first kappa shape index (κ1) is 15.8. The number of phenols is 2. The van der Waals surface area contributed by atoms with Crippen LogP contribution in [0, 0.1) is 5.92 Å². The highest BCUT2D eigenvalue weighted by Gasteiger charge is 2.46. The fourth-order valence-corrected chi connectivity index (χ4v) is 4.18. The van der Waals surface area contributed by atoms with Gasteiger partial charge in [0.15, 0.2) is 0 Å². The Bertz CT molecular complexity index is 798. The molecule has 25 heavy (non-hydrogen) atoms. The number of hydrogen-bond acceptors (Lipinski definition) is 5. The van der Waals surface area contributed by atoms with E-state index in [1.807, 2.05) is 12.1 Å². The van der Waals surface area contributed by atoms with Crippen molar-refractivity contribution in [2.75, 3.05) is 0 Å². The minimum atomic E-state index is -0.276. The summed E-state index contributed by atoms with van der Waals surface area (Å²) in [5.74, 6) is 1.19. The van der Waals surface area contributed by atoms with Crippen molar-refractivity contribution in [3.63, 3.8) is 0 Å². The van der Waals surface area contributed by atoms with E-state index >= 15 is 0 Å². The van der Waals surface area contributed by atoms with E-state index in [0.29, 0.717) is 6.42 Å². The first-order valence-electron chi connectivity index (χ1n) is 8.47. The molecule has 0 amide bonds. The normalized spacial score (nSPS) is 27.1. The molecule has 1 aliphatic carbocycles. The van der Waals surface area contributed by atoms with Crippen LogP contribution in [0.15, 0.2) is 42.5 Å². The zero-order valence-electron chi connectivity index (χ0n) is 13.9. The van der Waals surface area contributed by atoms with E-state index < -0.39 is 0 Å². The number of benzene rings is 2. The van der Waals surface area contributed by atoms with Gasteiger partial charge in [-0.25, -0.2) is 0 Å². The van der Waals surface area contributed by atoms with Crippen LogP contribution in [0.4, 0.5) is 0 Å². The summed E-state index contributed by atoms with van der Waals surface area (Å²) >= 11 is 0. The Balaban J connectivity index is 1.73. The highest BCUT2D eigenvalue weighted by molar-refractivity contribution is 5.66. The number of carbonyl (C=O) groups excluding carboxylic acids is 1. The van der Waals surface area contributed by atoms with Gasteiger partial charge in [-0.2, -0.15) is 0 Å². The largest absolute Gasteiger partial charge is 0.508 e. The van der Waals surface area contributed by atoms with Crippen LogP contribution in [-0.4, -0.2) is 22.3 Å². The Labute approximate surface area is 145 Å². The summed E-state index contributed by atoms with van der Waals surface area (Å²) in [7, 11) is 0. The lowest BCUT2D eigenvalue weighted by atomic mass is 9.80. The van der Waals surface area contributed by atoms with Crippen LogP contribution >= 0.6 is 0 Å². The van der Waals surface area contributed by atoms with E-state index in [1.54, 1.807) is 30.3 Å². The van der Waals surface area contributed by atoms with Crippen molar-refractivity contribution >= 4 is 5.97 Å². The van der Waals surface area contributed by atoms with Crippen molar-refractivity contribution in [3.8, 4) is 17.2 Å². The van der Waals surface area contributed by atoms with Crippen molar-refractivity contribution in [3.05, 3.63) is 53.6 Å². The predicted octanol–water partition coefficient (Wildman–Crippen LogP) is 3.66. The summed E-state index contributed by atoms with van der Waals surface area (Å²) in [4.78, 5) is 11.4. The zero-order valence-corrected chi connectivity index (χ0v) is 13.9. The van der Waals surface area contributed by atoms with Crippen molar-refractivity contribution < 1.29 is 24.5 Å². The molecule has 0 saturated heterocycles. The second-order valence-corrected chi connectivity index (χ2v) is 6.83. The molecule has 2 aromatic rings. The Hall–Kier alpha value is -2.69. The van der Waals surface area contributed by atoms with Gasteiger partial charge in [0.05, 0.1) is 0 Å². The van der Waals surface area contributed by atoms with Gasteiger partial charge < -0.3 is 19.7 Å². The number of fused-ring (bicyclic) bond motifs is 3. The third-order valence-corrected chi connectivity index (χ3v) is 5.16. The highest BCUT2D eigenvalue weighted by atomic mass is 16.5. The maximum Gasteiger partial charge on any atom is 0.302 e. The quantitative estimate of drug-likeness (QED) is 0.816. The lowest BCUT2D eigenvalue weighted by Crippen LogP contribution is -2.26. The molecule has 4 rings (SSSR count). The molecule has 0 bridgehead atoms. The molecule has 4 atom stereocenters. The molecule has 5 heteroatoms. The van der Waals surface area contributed by atoms with E-state index in [-0.39, 0.29) is 41.5 Å². The minimum Gasteiger partial charge on any atom is -0.508 e. The van der Waals surface area contributed by atoms with Gasteiger partial charge in [-0.05, 0) is 54.7 Å². The summed E-state index contributed by atoms with van der Waals surface area (Å²) in [6, 6.07) is 12.2. The van der Waals surface area contributed by atoms with Crippen molar-refractivity contribution in [2.24, 2.45) is 5.92 Å². The van der Waals surface area contributed by atoms with Crippen molar-refractivity contribution in [1.29, 1.82) is 0 Å². The Kier molecular flexibility index (Phi) is 3.79. The van der Waals surface area contributed by atoms with Crippen LogP contribution in [0.2, 0.25) is 0 Å². The van der Waals surface area contributed by atoms with Gasteiger partial charge >= 0.3 is 5.97 Å². The van der Waals surface area contributed by atoms with E-state index in [1.165, 1.54) is 6.92 Å². The van der Waals surface area contributed by atoms with Gasteiger partial charge in [0, 0.05) is 18.4 Å². The number of hydrogen-bond donors (Lipinski definition) is 2. The van der Waals surface area contributed by atoms with Crippen LogP contribution in [0.1, 0.15) is 42.9 Å². The maximum atomic E-state index is 11.4. The highest BCUT2D eigenvalue weighted by Crippen LogP contribution is 2.55. The SMILES string of the molecule is CC(=O)O[C@@H]1C[C@H]2[C@@H](C1)c1cc(O)ccc1O[C@H]2c1ccc(O)cc1. The van der Waals surface area contributed by atoms with Gasteiger partial charge in [-0.1, -0.05) is 12.1 Å². The fraction of sp³-hybridized carbons (Fsp3) is 0.350. The van der Waals surface area contributed by atoms with Crippen LogP contribution in [0.3, 0.4) is 0 Å². The van der Waals surface area contributed by atoms with E-state index in [4.69, 9.17) is 9.47 Å². The molecular formula is C20H20O5. The monoisotopic (exact) mass is 340 g/mol. The standard InChI is InChI=1S/C20H20O5/c1-11(21)24-15-9-16-17-8-14(23)6-7-19(17)25-20(18(16)10-15)12-2-4-13(22)5-3-12/h2-8,15-16,18,20,22-23H,9-10H2,1H3/t15-,16-,18-,20-/m0/s1. The summed E-state index contributed by atoms with van der Waals surface area (Å²) in [6.45, 7) is 1.43. The van der Waals surface area contributed by atoms with Crippen LogP contribution in [0.5, 0.6) is 17.2 Å². The lowest BCUT2D eigenvalue weighted by molar-refractivity contribution is -0.146. The number of rotatable bonds is 2. The molecule has 2 aromatic carbocycles. The van der Waals surface area contributed by atoms with Gasteiger partial charge in [0.2, 0.25) is 0 Å². The van der Waals surface area contributed by atoms with E-state index in [2.05, 4.69) is 0 Å². The van der Waals surface area contributed by atoms with Crippen LogP contribution < -0.4 is 4.74 Å². The molecule has 1 heterocycles. The fourth-order valence-electron chi connectivity index (χ4n) is 4.18. The Morgan fingerprint density at radius 2 is 1.80 bits per heavy atom. The van der Waals surface area contributed by atoms with Gasteiger partial charge in [-0.3, -0.25) is 4.79 Å². The molecule has 1 saturated carbocycles. The van der Waals surface area contributed by atoms with E-state index in [0.717, 1.165) is 23.3 Å². The molecule has 1 fully saturated rings. The van der Waals surface area contributed by atoms with Crippen LogP contribution in [0.25, 0.3) is 0 Å². The maximum absolute atomic E-state index is 11.4. The summed E-state index contributed by atoms with van der Waals surface area (Å²) in [5, 5.41) is 19.4. The molecule has 1 aliphatic heterocycles. The molecule has 0 spiro atoms. The number of phenolic OH excluding ortho intramolecular Hbond substituents is 2. The van der Waals surface area contributed by atoms with Crippen molar-refractivity contribution in [2.45, 2.75) is 37.9 Å². The molecule has 5 nitrogen and oxygen atoms in total. The van der Waals surface area contributed by atoms with Gasteiger partial charge in [0.1, 0.15) is 29.5 Å². The molecule has 130 valence electrons. The topological polar surface area (TPSA) is 76.0 Å². The van der Waals surface area contributed by atoms with Gasteiger partial charge in [-0.15, -0.1) is 0 Å². The Morgan fingerprint density at radius 3 is 2.52 bits per heavy atom. The summed E-state index contributed by atoms with van der Waals surface area (Å²) in [6.07, 6.45) is 1.11. The van der Waals surface area contributed by atoms with Crippen LogP contribution in [-0.2, 0) is 9.53 Å². The molecule has 0 radical (unpaired) electrons. The van der Waals surface area contributed by atoms with Gasteiger partial charge in [0.25, 0.3) is 0 Å². The molecule has 2 aliphatic rings. The second kappa shape index (κ2) is 5.99. The van der Waals surface area contributed by atoms with Crippen molar-refractivity contribution in [1.82, 2.24) is 0 Å². The lowest BCUT2D eigenvalue weighted by Gasteiger charge is -2.36. The first-order valence-corrected chi connectivity index (χ1v) is 8.47. The number of carbonyl (C=O) groups is 1. The summed E-state index contributed by atoms with van der Waals surface area (Å²) in [5.41, 5.74) is 1.95. The average molecular weight is 340 g/mol. The molecule has 0 aromatic heterocycles. The predicted molar refractivity (Wildman–Crippen MR) is 90.6 cm³/mol. The number of ether oxygens (including phenoxy) is 2.